The van der Waals surface area contributed by atoms with Gasteiger partial charge in [-0.25, -0.2) is 0 Å². The molecule has 0 unspecified atom stereocenters. The van der Waals surface area contributed by atoms with Gasteiger partial charge in [-0.15, -0.1) is 0 Å². The first kappa shape index (κ1) is 13.7. The van der Waals surface area contributed by atoms with Crippen molar-refractivity contribution in [2.45, 2.75) is 12.8 Å². The third-order valence-electron chi connectivity index (χ3n) is 3.19. The molecule has 1 saturated carbocycles. The van der Waals surface area contributed by atoms with Crippen LogP contribution < -0.4 is 15.8 Å². The number of benzene rings is 1. The van der Waals surface area contributed by atoms with E-state index in [1.54, 1.807) is 25.3 Å². The molecule has 6 nitrogen and oxygen atoms in total. The van der Waals surface area contributed by atoms with Gasteiger partial charge in [-0.3, -0.25) is 4.79 Å². The summed E-state index contributed by atoms with van der Waals surface area (Å²) in [6, 6.07) is 5.22. The van der Waals surface area contributed by atoms with Crippen LogP contribution in [0.2, 0.25) is 0 Å². The molecule has 4 N–H and O–H groups in total. The minimum absolute atomic E-state index is 0.0472. The maximum absolute atomic E-state index is 12.1. The van der Waals surface area contributed by atoms with Gasteiger partial charge in [0, 0.05) is 11.8 Å². The molecule has 1 aliphatic carbocycles. The first-order valence-electron chi connectivity index (χ1n) is 5.66. The molecule has 1 aliphatic rings. The highest BCUT2D eigenvalue weighted by Gasteiger charge is 2.54. The highest BCUT2D eigenvalue weighted by molar-refractivity contribution is 9.10. The minimum atomic E-state index is -0.866. The fourth-order valence-electron chi connectivity index (χ4n) is 1.81. The van der Waals surface area contributed by atoms with Crippen molar-refractivity contribution >= 4 is 33.4 Å². The number of nitrogens with zero attached hydrogens (tertiary/aromatic N) is 1. The molecule has 1 amide bonds. The topological polar surface area (TPSA) is 96.9 Å². The van der Waals surface area contributed by atoms with Crippen LogP contribution in [0.4, 0.5) is 5.69 Å². The first-order chi connectivity index (χ1) is 9.03. The molecule has 0 aliphatic heterocycles. The zero-order chi connectivity index (χ0) is 14.0. The Labute approximate surface area is 118 Å². The fourth-order valence-corrected chi connectivity index (χ4v) is 2.22. The second-order valence-corrected chi connectivity index (χ2v) is 5.23. The summed E-state index contributed by atoms with van der Waals surface area (Å²) in [7, 11) is 1.55. The lowest BCUT2D eigenvalue weighted by Crippen LogP contribution is -2.36. The van der Waals surface area contributed by atoms with Crippen LogP contribution >= 0.6 is 15.9 Å². The number of ether oxygens (including phenoxy) is 1. The minimum Gasteiger partial charge on any atom is -0.495 e. The van der Waals surface area contributed by atoms with Crippen LogP contribution in [0.25, 0.3) is 0 Å². The number of nitrogens with two attached hydrogens (primary N) is 1. The number of anilines is 1. The van der Waals surface area contributed by atoms with Gasteiger partial charge in [-0.2, -0.15) is 0 Å². The lowest BCUT2D eigenvalue weighted by atomic mass is 10.1. The van der Waals surface area contributed by atoms with E-state index >= 15 is 0 Å². The summed E-state index contributed by atoms with van der Waals surface area (Å²) in [6.07, 6.45) is 1.17. The third kappa shape index (κ3) is 2.51. The quantitative estimate of drug-likeness (QED) is 0.340. The molecule has 102 valence electrons. The summed E-state index contributed by atoms with van der Waals surface area (Å²) in [5, 5.41) is 14.4. The molecule has 1 fully saturated rings. The molecule has 0 aromatic heterocycles. The van der Waals surface area contributed by atoms with Crippen LogP contribution in [-0.2, 0) is 4.79 Å². The van der Waals surface area contributed by atoms with Gasteiger partial charge in [0.05, 0.1) is 11.6 Å². The number of hydrogen-bond acceptors (Lipinski definition) is 4. The smallest absolute Gasteiger partial charge is 0.238 e. The summed E-state index contributed by atoms with van der Waals surface area (Å²) in [5.74, 6) is 0.299. The van der Waals surface area contributed by atoms with Crippen LogP contribution in [0.5, 0.6) is 5.75 Å². The number of carbonyl (C=O) groups is 1. The van der Waals surface area contributed by atoms with Crippen molar-refractivity contribution in [2.24, 2.45) is 16.3 Å². The maximum atomic E-state index is 12.1. The van der Waals surface area contributed by atoms with Gasteiger partial charge in [0.2, 0.25) is 5.91 Å². The Hall–Kier alpha value is -1.76. The molecule has 0 saturated heterocycles. The molecule has 19 heavy (non-hydrogen) atoms. The number of oxime groups is 1. The molecular formula is C12H14BrN3O3. The molecular weight excluding hydrogens is 314 g/mol. The summed E-state index contributed by atoms with van der Waals surface area (Å²) in [5.41, 5.74) is 5.29. The number of methoxy groups -OCH3 is 1. The van der Waals surface area contributed by atoms with Gasteiger partial charge in [0.15, 0.2) is 5.84 Å². The average molecular weight is 328 g/mol. The third-order valence-corrected chi connectivity index (χ3v) is 3.85. The van der Waals surface area contributed by atoms with E-state index in [0.717, 1.165) is 4.47 Å². The van der Waals surface area contributed by atoms with E-state index in [1.165, 1.54) is 0 Å². The largest absolute Gasteiger partial charge is 0.495 e. The van der Waals surface area contributed by atoms with Crippen molar-refractivity contribution < 1.29 is 14.7 Å². The molecule has 1 aromatic carbocycles. The van der Waals surface area contributed by atoms with Gasteiger partial charge in [-0.1, -0.05) is 5.16 Å². The van der Waals surface area contributed by atoms with Crippen LogP contribution in [0.1, 0.15) is 12.8 Å². The Balaban J connectivity index is 2.16. The van der Waals surface area contributed by atoms with Crippen LogP contribution in [-0.4, -0.2) is 24.1 Å². The van der Waals surface area contributed by atoms with E-state index in [0.29, 0.717) is 24.3 Å². The maximum Gasteiger partial charge on any atom is 0.238 e. The molecule has 0 heterocycles. The van der Waals surface area contributed by atoms with Gasteiger partial charge in [0.25, 0.3) is 0 Å². The Bertz CT molecular complexity index is 541. The van der Waals surface area contributed by atoms with Gasteiger partial charge < -0.3 is 21.0 Å². The molecule has 0 radical (unpaired) electrons. The number of halogens is 1. The molecule has 0 bridgehead atoms. The number of hydrogen-bond donors (Lipinski definition) is 3. The first-order valence-corrected chi connectivity index (χ1v) is 6.46. The normalized spacial score (nSPS) is 16.8. The summed E-state index contributed by atoms with van der Waals surface area (Å²) >= 11 is 3.33. The van der Waals surface area contributed by atoms with Crippen LogP contribution in [0.3, 0.4) is 0 Å². The Morgan fingerprint density at radius 1 is 1.58 bits per heavy atom. The van der Waals surface area contributed by atoms with Crippen LogP contribution in [0, 0.1) is 5.41 Å². The number of amides is 1. The fraction of sp³-hybridized carbons (Fsp3) is 0.333. The monoisotopic (exact) mass is 327 g/mol. The van der Waals surface area contributed by atoms with E-state index in [1.807, 2.05) is 0 Å². The SMILES string of the molecule is COc1cc(NC(=O)C2(/C(N)=N/O)CC2)ccc1Br. The average Bonchev–Trinajstić information content (AvgIpc) is 3.21. The van der Waals surface area contributed by atoms with Crippen LogP contribution in [0.15, 0.2) is 27.8 Å². The summed E-state index contributed by atoms with van der Waals surface area (Å²) < 4.78 is 5.95. The molecule has 0 atom stereocenters. The van der Waals surface area contributed by atoms with E-state index in [4.69, 9.17) is 15.7 Å². The second-order valence-electron chi connectivity index (χ2n) is 4.37. The van der Waals surface area contributed by atoms with Crippen molar-refractivity contribution in [1.82, 2.24) is 0 Å². The van der Waals surface area contributed by atoms with Gasteiger partial charge >= 0.3 is 0 Å². The molecule has 0 spiro atoms. The standard InChI is InChI=1S/C12H14BrN3O3/c1-19-9-6-7(2-3-8(9)13)15-11(17)12(4-5-12)10(14)16-18/h2-3,6,18H,4-5H2,1H3,(H2,14,16)(H,15,17). The zero-order valence-electron chi connectivity index (χ0n) is 10.3. The van der Waals surface area contributed by atoms with E-state index in [9.17, 15) is 4.79 Å². The Kier molecular flexibility index (Phi) is 3.66. The highest BCUT2D eigenvalue weighted by Crippen LogP contribution is 2.46. The second kappa shape index (κ2) is 5.08. The zero-order valence-corrected chi connectivity index (χ0v) is 11.9. The van der Waals surface area contributed by atoms with Crippen molar-refractivity contribution in [3.63, 3.8) is 0 Å². The van der Waals surface area contributed by atoms with Crippen molar-refractivity contribution in [1.29, 1.82) is 0 Å². The lowest BCUT2D eigenvalue weighted by molar-refractivity contribution is -0.119. The predicted molar refractivity (Wildman–Crippen MR) is 74.4 cm³/mol. The predicted octanol–water partition coefficient (Wildman–Crippen LogP) is 1.92. The van der Waals surface area contributed by atoms with E-state index in [2.05, 4.69) is 26.4 Å². The van der Waals surface area contributed by atoms with Crippen molar-refractivity contribution in [3.8, 4) is 5.75 Å². The van der Waals surface area contributed by atoms with Crippen molar-refractivity contribution in [3.05, 3.63) is 22.7 Å². The Morgan fingerprint density at radius 3 is 2.79 bits per heavy atom. The highest BCUT2D eigenvalue weighted by atomic mass is 79.9. The summed E-state index contributed by atoms with van der Waals surface area (Å²) in [6.45, 7) is 0. The number of carbonyl (C=O) groups excluding carboxylic acids is 1. The Morgan fingerprint density at radius 2 is 2.26 bits per heavy atom. The van der Waals surface area contributed by atoms with E-state index < -0.39 is 5.41 Å². The molecule has 7 heteroatoms. The van der Waals surface area contributed by atoms with E-state index in [-0.39, 0.29) is 11.7 Å². The summed E-state index contributed by atoms with van der Waals surface area (Å²) in [4.78, 5) is 12.1. The van der Waals surface area contributed by atoms with Gasteiger partial charge in [-0.05, 0) is 40.9 Å². The van der Waals surface area contributed by atoms with Crippen molar-refractivity contribution in [2.75, 3.05) is 12.4 Å². The number of nitrogens with one attached hydrogen (secondary N) is 1. The number of rotatable bonds is 4. The number of amidine groups is 1. The lowest BCUT2D eigenvalue weighted by Gasteiger charge is -2.14. The molecule has 2 rings (SSSR count). The van der Waals surface area contributed by atoms with Gasteiger partial charge in [0.1, 0.15) is 11.2 Å². The molecule has 1 aromatic rings.